The largest absolute Gasteiger partial charge is 0.494 e. The van der Waals surface area contributed by atoms with E-state index < -0.39 is 0 Å². The molecule has 0 spiro atoms. The summed E-state index contributed by atoms with van der Waals surface area (Å²) < 4.78 is 5.40. The molecule has 0 aromatic heterocycles. The second-order valence-corrected chi connectivity index (χ2v) is 2.32. The van der Waals surface area contributed by atoms with Gasteiger partial charge in [-0.1, -0.05) is 19.1 Å². The van der Waals surface area contributed by atoms with Gasteiger partial charge >= 0.3 is 0 Å². The summed E-state index contributed by atoms with van der Waals surface area (Å²) in [6.07, 6.45) is 1.02. The number of aryl methyl sites for hydroxylation is 1. The zero-order valence-corrected chi connectivity index (χ0v) is 7.05. The van der Waals surface area contributed by atoms with Crippen LogP contribution >= 0.6 is 0 Å². The van der Waals surface area contributed by atoms with Crippen LogP contribution in [-0.2, 0) is 6.42 Å². The summed E-state index contributed by atoms with van der Waals surface area (Å²) in [4.78, 5) is 0. The fourth-order valence-electron chi connectivity index (χ4n) is 1.03. The summed E-state index contributed by atoms with van der Waals surface area (Å²) in [6, 6.07) is 8.85. The van der Waals surface area contributed by atoms with Crippen LogP contribution < -0.4 is 4.74 Å². The van der Waals surface area contributed by atoms with E-state index in [0.717, 1.165) is 18.8 Å². The van der Waals surface area contributed by atoms with E-state index in [1.54, 1.807) is 0 Å². The average Bonchev–Trinajstić information content (AvgIpc) is 2.06. The quantitative estimate of drug-likeness (QED) is 0.641. The summed E-state index contributed by atoms with van der Waals surface area (Å²) in [5, 5.41) is 0. The van der Waals surface area contributed by atoms with Crippen molar-refractivity contribution in [2.45, 2.75) is 20.3 Å². The molecule has 0 aliphatic heterocycles. The molecule has 1 heteroatoms. The van der Waals surface area contributed by atoms with Gasteiger partial charge in [0.25, 0.3) is 0 Å². The van der Waals surface area contributed by atoms with E-state index in [1.807, 2.05) is 25.1 Å². The van der Waals surface area contributed by atoms with E-state index in [9.17, 15) is 0 Å². The molecule has 11 heavy (non-hydrogen) atoms. The maximum atomic E-state index is 5.40. The molecule has 0 amide bonds. The molecular weight excluding hydrogens is 136 g/mol. The Labute approximate surface area is 68.0 Å². The standard InChI is InChI=1S/C10H13O/c1-3-9-7-5-6-8-10(9)11-4-2/h5,7-8H,3-4H2,1-2H3. The number of rotatable bonds is 3. The number of benzene rings is 1. The van der Waals surface area contributed by atoms with Gasteiger partial charge in [-0.3, -0.25) is 0 Å². The Morgan fingerprint density at radius 2 is 2.27 bits per heavy atom. The second-order valence-electron chi connectivity index (χ2n) is 2.32. The molecule has 0 saturated heterocycles. The van der Waals surface area contributed by atoms with Gasteiger partial charge in [0.1, 0.15) is 5.75 Å². The molecule has 0 atom stereocenters. The highest BCUT2D eigenvalue weighted by atomic mass is 16.5. The lowest BCUT2D eigenvalue weighted by atomic mass is 10.1. The maximum absolute atomic E-state index is 5.40. The van der Waals surface area contributed by atoms with Crippen LogP contribution in [0.15, 0.2) is 18.2 Å². The summed E-state index contributed by atoms with van der Waals surface area (Å²) >= 11 is 0. The van der Waals surface area contributed by atoms with Gasteiger partial charge in [0, 0.05) is 0 Å². The van der Waals surface area contributed by atoms with Gasteiger partial charge in [-0.15, -0.1) is 0 Å². The molecule has 0 saturated carbocycles. The Balaban J connectivity index is 2.83. The van der Waals surface area contributed by atoms with E-state index >= 15 is 0 Å². The second kappa shape index (κ2) is 4.02. The first-order chi connectivity index (χ1) is 5.38. The molecule has 0 fully saturated rings. The van der Waals surface area contributed by atoms with Crippen molar-refractivity contribution in [1.29, 1.82) is 0 Å². The Bertz CT molecular complexity index is 218. The lowest BCUT2D eigenvalue weighted by Crippen LogP contribution is -1.94. The fourth-order valence-corrected chi connectivity index (χ4v) is 1.03. The molecular formula is C10H13O. The van der Waals surface area contributed by atoms with Crippen molar-refractivity contribution >= 4 is 0 Å². The van der Waals surface area contributed by atoms with E-state index in [-0.39, 0.29) is 0 Å². The molecule has 0 unspecified atom stereocenters. The maximum Gasteiger partial charge on any atom is 0.123 e. The lowest BCUT2D eigenvalue weighted by molar-refractivity contribution is 0.337. The van der Waals surface area contributed by atoms with Crippen LogP contribution in [0.5, 0.6) is 5.75 Å². The van der Waals surface area contributed by atoms with Crippen LogP contribution in [-0.4, -0.2) is 6.61 Å². The van der Waals surface area contributed by atoms with E-state index in [0.29, 0.717) is 0 Å². The van der Waals surface area contributed by atoms with Crippen molar-refractivity contribution in [3.8, 4) is 5.75 Å². The van der Waals surface area contributed by atoms with Crippen molar-refractivity contribution in [3.63, 3.8) is 0 Å². The van der Waals surface area contributed by atoms with Crippen molar-refractivity contribution in [1.82, 2.24) is 0 Å². The summed E-state index contributed by atoms with van der Waals surface area (Å²) in [7, 11) is 0. The van der Waals surface area contributed by atoms with Gasteiger partial charge in [0.2, 0.25) is 0 Å². The topological polar surface area (TPSA) is 9.23 Å². The van der Waals surface area contributed by atoms with Gasteiger partial charge in [-0.2, -0.15) is 0 Å². The number of hydrogen-bond donors (Lipinski definition) is 0. The molecule has 0 N–H and O–H groups in total. The van der Waals surface area contributed by atoms with E-state index in [4.69, 9.17) is 4.74 Å². The third-order valence-corrected chi connectivity index (χ3v) is 1.59. The van der Waals surface area contributed by atoms with Gasteiger partial charge in [-0.25, -0.2) is 0 Å². The van der Waals surface area contributed by atoms with Gasteiger partial charge in [0.05, 0.1) is 6.61 Å². The van der Waals surface area contributed by atoms with E-state index in [2.05, 4.69) is 13.0 Å². The molecule has 1 radical (unpaired) electrons. The molecule has 1 aromatic rings. The summed E-state index contributed by atoms with van der Waals surface area (Å²) in [5.74, 6) is 0.970. The number of hydrogen-bond acceptors (Lipinski definition) is 1. The van der Waals surface area contributed by atoms with Crippen molar-refractivity contribution < 1.29 is 4.74 Å². The molecule has 0 heterocycles. The third-order valence-electron chi connectivity index (χ3n) is 1.59. The molecule has 1 nitrogen and oxygen atoms in total. The Kier molecular flexibility index (Phi) is 2.96. The van der Waals surface area contributed by atoms with Gasteiger partial charge < -0.3 is 4.74 Å². The first-order valence-electron chi connectivity index (χ1n) is 4.00. The van der Waals surface area contributed by atoms with Crippen LogP contribution in [0.3, 0.4) is 0 Å². The molecule has 0 aliphatic rings. The highest BCUT2D eigenvalue weighted by Gasteiger charge is 1.97. The van der Waals surface area contributed by atoms with Crippen molar-refractivity contribution in [2.24, 2.45) is 0 Å². The van der Waals surface area contributed by atoms with Gasteiger partial charge in [-0.05, 0) is 31.0 Å². The molecule has 59 valence electrons. The molecule has 0 aliphatic carbocycles. The smallest absolute Gasteiger partial charge is 0.123 e. The molecule has 1 rings (SSSR count). The normalized spacial score (nSPS) is 9.64. The van der Waals surface area contributed by atoms with Crippen LogP contribution in [0.4, 0.5) is 0 Å². The average molecular weight is 149 g/mol. The minimum absolute atomic E-state index is 0.727. The predicted molar refractivity (Wildman–Crippen MR) is 45.8 cm³/mol. The predicted octanol–water partition coefficient (Wildman–Crippen LogP) is 2.45. The Morgan fingerprint density at radius 3 is 2.91 bits per heavy atom. The van der Waals surface area contributed by atoms with Crippen LogP contribution in [0.25, 0.3) is 0 Å². The SMILES string of the molecule is CCOc1c[c]ccc1CC. The van der Waals surface area contributed by atoms with Crippen LogP contribution in [0.2, 0.25) is 0 Å². The first kappa shape index (κ1) is 8.12. The zero-order chi connectivity index (χ0) is 8.10. The van der Waals surface area contributed by atoms with Crippen LogP contribution in [0.1, 0.15) is 19.4 Å². The van der Waals surface area contributed by atoms with Gasteiger partial charge in [0.15, 0.2) is 0 Å². The molecule has 1 aromatic carbocycles. The Hall–Kier alpha value is -0.980. The fraction of sp³-hybridized carbons (Fsp3) is 0.400. The first-order valence-corrected chi connectivity index (χ1v) is 4.00. The minimum atomic E-state index is 0.727. The van der Waals surface area contributed by atoms with Crippen molar-refractivity contribution in [3.05, 3.63) is 29.8 Å². The molecule has 0 bridgehead atoms. The zero-order valence-electron chi connectivity index (χ0n) is 7.05. The lowest BCUT2D eigenvalue weighted by Gasteiger charge is -2.06. The number of ether oxygens (including phenoxy) is 1. The minimum Gasteiger partial charge on any atom is -0.494 e. The highest BCUT2D eigenvalue weighted by molar-refractivity contribution is 5.32. The van der Waals surface area contributed by atoms with E-state index in [1.165, 1.54) is 5.56 Å². The summed E-state index contributed by atoms with van der Waals surface area (Å²) in [5.41, 5.74) is 1.26. The third kappa shape index (κ3) is 1.97. The van der Waals surface area contributed by atoms with Crippen molar-refractivity contribution in [2.75, 3.05) is 6.61 Å². The highest BCUT2D eigenvalue weighted by Crippen LogP contribution is 2.17. The Morgan fingerprint density at radius 1 is 1.45 bits per heavy atom. The monoisotopic (exact) mass is 149 g/mol. The van der Waals surface area contributed by atoms with Crippen LogP contribution in [0, 0.1) is 6.07 Å². The summed E-state index contributed by atoms with van der Waals surface area (Å²) in [6.45, 7) is 4.84.